The topological polar surface area (TPSA) is 58.4 Å². The maximum absolute atomic E-state index is 13.5. The molecule has 3 N–H and O–H groups in total. The number of hydrogen-bond donors (Lipinski definition) is 2. The van der Waals surface area contributed by atoms with Gasteiger partial charge in [-0.3, -0.25) is 9.69 Å². The summed E-state index contributed by atoms with van der Waals surface area (Å²) in [5, 5.41) is 2.57. The Balaban J connectivity index is 1.93. The van der Waals surface area contributed by atoms with Crippen molar-refractivity contribution in [2.75, 3.05) is 30.7 Å². The van der Waals surface area contributed by atoms with Gasteiger partial charge in [-0.05, 0) is 36.6 Å². The summed E-state index contributed by atoms with van der Waals surface area (Å²) in [6.45, 7) is 6.45. The number of amides is 1. The van der Waals surface area contributed by atoms with Gasteiger partial charge >= 0.3 is 0 Å². The second-order valence-corrected chi connectivity index (χ2v) is 5.91. The summed E-state index contributed by atoms with van der Waals surface area (Å²) in [5.41, 5.74) is 6.40. The quantitative estimate of drug-likeness (QED) is 0.823. The molecule has 1 aromatic rings. The zero-order chi connectivity index (χ0) is 14.0. The van der Waals surface area contributed by atoms with Crippen molar-refractivity contribution in [3.8, 4) is 0 Å². The van der Waals surface area contributed by atoms with Crippen LogP contribution in [0.25, 0.3) is 0 Å². The highest BCUT2D eigenvalue weighted by atomic mass is 19.1. The van der Waals surface area contributed by atoms with Crippen LogP contribution in [-0.4, -0.2) is 30.4 Å². The van der Waals surface area contributed by atoms with E-state index in [0.717, 1.165) is 19.5 Å². The van der Waals surface area contributed by atoms with Gasteiger partial charge < -0.3 is 11.1 Å². The van der Waals surface area contributed by atoms with Crippen LogP contribution in [-0.2, 0) is 4.79 Å². The van der Waals surface area contributed by atoms with E-state index in [0.29, 0.717) is 5.69 Å². The minimum absolute atomic E-state index is 0.142. The Morgan fingerprint density at radius 1 is 1.53 bits per heavy atom. The molecule has 0 bridgehead atoms. The zero-order valence-corrected chi connectivity index (χ0v) is 11.4. The minimum Gasteiger partial charge on any atom is -0.399 e. The lowest BCUT2D eigenvalue weighted by Crippen LogP contribution is -2.32. The number of likely N-dealkylation sites (tertiary alicyclic amines) is 1. The Labute approximate surface area is 112 Å². The molecule has 0 saturated carbocycles. The molecule has 4 nitrogen and oxygen atoms in total. The Bertz CT molecular complexity index is 488. The van der Waals surface area contributed by atoms with Crippen molar-refractivity contribution >= 4 is 17.3 Å². The van der Waals surface area contributed by atoms with Crippen LogP contribution in [0, 0.1) is 11.2 Å². The summed E-state index contributed by atoms with van der Waals surface area (Å²) < 4.78 is 13.5. The number of nitrogens with zero attached hydrogens (tertiary/aromatic N) is 1. The maximum atomic E-state index is 13.5. The molecule has 0 aromatic heterocycles. The van der Waals surface area contributed by atoms with Crippen molar-refractivity contribution in [1.29, 1.82) is 0 Å². The number of nitrogen functional groups attached to an aromatic ring is 1. The summed E-state index contributed by atoms with van der Waals surface area (Å²) in [4.78, 5) is 14.0. The summed E-state index contributed by atoms with van der Waals surface area (Å²) in [7, 11) is 0. The smallest absolute Gasteiger partial charge is 0.238 e. The molecule has 1 heterocycles. The van der Waals surface area contributed by atoms with Gasteiger partial charge in [-0.15, -0.1) is 0 Å². The first kappa shape index (κ1) is 13.8. The minimum atomic E-state index is -0.468. The second kappa shape index (κ2) is 5.17. The lowest BCUT2D eigenvalue weighted by atomic mass is 9.93. The molecule has 0 spiro atoms. The third-order valence-electron chi connectivity index (χ3n) is 3.39. The third-order valence-corrected chi connectivity index (χ3v) is 3.39. The fourth-order valence-electron chi connectivity index (χ4n) is 2.39. The standard InChI is InChI=1S/C14H20FN3O/c1-14(2)5-6-18(9-14)8-13(19)17-12-7-10(16)3-4-11(12)15/h3-4,7H,5-6,8-9,16H2,1-2H3,(H,17,19). The number of nitrogens with two attached hydrogens (primary N) is 1. The van der Waals surface area contributed by atoms with E-state index >= 15 is 0 Å². The summed E-state index contributed by atoms with van der Waals surface area (Å²) in [5.74, 6) is -0.675. The molecule has 1 amide bonds. The first-order valence-electron chi connectivity index (χ1n) is 6.43. The molecule has 1 aromatic carbocycles. The molecule has 1 aliphatic heterocycles. The lowest BCUT2D eigenvalue weighted by Gasteiger charge is -2.19. The molecular formula is C14H20FN3O. The molecule has 0 atom stereocenters. The van der Waals surface area contributed by atoms with Gasteiger partial charge in [0.15, 0.2) is 0 Å². The monoisotopic (exact) mass is 265 g/mol. The molecule has 1 aliphatic rings. The third kappa shape index (κ3) is 3.67. The Morgan fingerprint density at radius 2 is 2.26 bits per heavy atom. The maximum Gasteiger partial charge on any atom is 0.238 e. The van der Waals surface area contributed by atoms with Gasteiger partial charge in [0.2, 0.25) is 5.91 Å². The van der Waals surface area contributed by atoms with E-state index in [9.17, 15) is 9.18 Å². The Hall–Kier alpha value is -1.62. The SMILES string of the molecule is CC1(C)CCN(CC(=O)Nc2cc(N)ccc2F)C1. The van der Waals surface area contributed by atoms with Crippen molar-refractivity contribution in [2.24, 2.45) is 5.41 Å². The van der Waals surface area contributed by atoms with Crippen LogP contribution < -0.4 is 11.1 Å². The molecule has 0 unspecified atom stereocenters. The van der Waals surface area contributed by atoms with Gasteiger partial charge in [-0.1, -0.05) is 13.8 Å². The van der Waals surface area contributed by atoms with Gasteiger partial charge in [0.1, 0.15) is 5.82 Å². The van der Waals surface area contributed by atoms with E-state index in [-0.39, 0.29) is 23.6 Å². The van der Waals surface area contributed by atoms with Crippen LogP contribution in [0.3, 0.4) is 0 Å². The summed E-state index contributed by atoms with van der Waals surface area (Å²) in [6.07, 6.45) is 1.08. The van der Waals surface area contributed by atoms with Crippen LogP contribution in [0.4, 0.5) is 15.8 Å². The average Bonchev–Trinajstić information content (AvgIpc) is 2.63. The molecule has 1 saturated heterocycles. The van der Waals surface area contributed by atoms with Gasteiger partial charge in [0.05, 0.1) is 12.2 Å². The van der Waals surface area contributed by atoms with Crippen molar-refractivity contribution in [3.63, 3.8) is 0 Å². The lowest BCUT2D eigenvalue weighted by molar-refractivity contribution is -0.117. The number of hydrogen-bond acceptors (Lipinski definition) is 3. The van der Waals surface area contributed by atoms with Gasteiger partial charge in [-0.2, -0.15) is 0 Å². The van der Waals surface area contributed by atoms with Gasteiger partial charge in [0, 0.05) is 12.2 Å². The van der Waals surface area contributed by atoms with Crippen LogP contribution in [0.5, 0.6) is 0 Å². The highest BCUT2D eigenvalue weighted by Crippen LogP contribution is 2.28. The van der Waals surface area contributed by atoms with Crippen LogP contribution in [0.15, 0.2) is 18.2 Å². The van der Waals surface area contributed by atoms with Crippen molar-refractivity contribution < 1.29 is 9.18 Å². The first-order chi connectivity index (χ1) is 8.85. The molecule has 5 heteroatoms. The zero-order valence-electron chi connectivity index (χ0n) is 11.4. The van der Waals surface area contributed by atoms with E-state index < -0.39 is 5.82 Å². The highest BCUT2D eigenvalue weighted by Gasteiger charge is 2.30. The van der Waals surface area contributed by atoms with Crippen molar-refractivity contribution in [1.82, 2.24) is 4.90 Å². The van der Waals surface area contributed by atoms with Crippen LogP contribution in [0.2, 0.25) is 0 Å². The number of nitrogens with one attached hydrogen (secondary N) is 1. The average molecular weight is 265 g/mol. The number of halogens is 1. The van der Waals surface area contributed by atoms with Crippen molar-refractivity contribution in [2.45, 2.75) is 20.3 Å². The van der Waals surface area contributed by atoms with E-state index in [1.807, 2.05) is 0 Å². The number of carbonyl (C=O) groups excluding carboxylic acids is 1. The van der Waals surface area contributed by atoms with Crippen molar-refractivity contribution in [3.05, 3.63) is 24.0 Å². The summed E-state index contributed by atoms with van der Waals surface area (Å²) in [6, 6.07) is 4.15. The number of anilines is 2. The van der Waals surface area contributed by atoms with Gasteiger partial charge in [-0.25, -0.2) is 4.39 Å². The number of rotatable bonds is 3. The van der Waals surface area contributed by atoms with E-state index in [4.69, 9.17) is 5.73 Å². The molecule has 1 fully saturated rings. The first-order valence-corrected chi connectivity index (χ1v) is 6.43. The predicted octanol–water partition coefficient (Wildman–Crippen LogP) is 2.08. The molecule has 2 rings (SSSR count). The fraction of sp³-hybridized carbons (Fsp3) is 0.500. The molecular weight excluding hydrogens is 245 g/mol. The molecule has 0 aliphatic carbocycles. The number of benzene rings is 1. The Morgan fingerprint density at radius 3 is 2.89 bits per heavy atom. The fourth-order valence-corrected chi connectivity index (χ4v) is 2.39. The largest absolute Gasteiger partial charge is 0.399 e. The van der Waals surface area contributed by atoms with E-state index in [1.165, 1.54) is 18.2 Å². The van der Waals surface area contributed by atoms with Crippen LogP contribution in [0.1, 0.15) is 20.3 Å². The summed E-state index contributed by atoms with van der Waals surface area (Å²) >= 11 is 0. The normalized spacial score (nSPS) is 18.5. The number of carbonyl (C=O) groups is 1. The molecule has 0 radical (unpaired) electrons. The Kier molecular flexibility index (Phi) is 3.75. The predicted molar refractivity (Wildman–Crippen MR) is 74.3 cm³/mol. The molecule has 104 valence electrons. The van der Waals surface area contributed by atoms with E-state index in [1.54, 1.807) is 0 Å². The van der Waals surface area contributed by atoms with Gasteiger partial charge in [0.25, 0.3) is 0 Å². The van der Waals surface area contributed by atoms with Crippen LogP contribution >= 0.6 is 0 Å². The highest BCUT2D eigenvalue weighted by molar-refractivity contribution is 5.92. The second-order valence-electron chi connectivity index (χ2n) is 5.91. The van der Waals surface area contributed by atoms with E-state index in [2.05, 4.69) is 24.1 Å². The molecule has 19 heavy (non-hydrogen) atoms.